The van der Waals surface area contributed by atoms with Gasteiger partial charge in [0.15, 0.2) is 0 Å². The molecule has 1 aromatic heterocycles. The quantitative estimate of drug-likeness (QED) is 0.932. The molecule has 1 aliphatic rings. The van der Waals surface area contributed by atoms with Crippen LogP contribution in [0.4, 0.5) is 10.1 Å². The van der Waals surface area contributed by atoms with E-state index in [1.807, 2.05) is 6.07 Å². The Bertz CT molecular complexity index is 655. The number of carboxylic acids is 1. The highest BCUT2D eigenvalue weighted by atomic mass is 19.1. The Hall–Kier alpha value is -2.43. The van der Waals surface area contributed by atoms with Crippen molar-refractivity contribution >= 4 is 11.7 Å². The second kappa shape index (κ2) is 4.92. The van der Waals surface area contributed by atoms with E-state index in [9.17, 15) is 9.18 Å². The summed E-state index contributed by atoms with van der Waals surface area (Å²) in [5.41, 5.74) is 2.97. The van der Waals surface area contributed by atoms with Crippen molar-refractivity contribution < 1.29 is 14.3 Å². The first-order chi connectivity index (χ1) is 9.63. The zero-order chi connectivity index (χ0) is 14.1. The van der Waals surface area contributed by atoms with Crippen LogP contribution in [0.1, 0.15) is 21.6 Å². The monoisotopic (exact) mass is 272 g/mol. The van der Waals surface area contributed by atoms with Crippen LogP contribution in [-0.4, -0.2) is 22.6 Å². The molecule has 0 saturated carbocycles. The Morgan fingerprint density at radius 3 is 2.90 bits per heavy atom. The topological polar surface area (TPSA) is 53.4 Å². The first kappa shape index (κ1) is 12.6. The zero-order valence-electron chi connectivity index (χ0n) is 10.7. The number of anilines is 1. The summed E-state index contributed by atoms with van der Waals surface area (Å²) in [7, 11) is 0. The molecule has 0 spiro atoms. The molecule has 0 radical (unpaired) electrons. The fraction of sp³-hybridized carbons (Fsp3) is 0.200. The smallest absolute Gasteiger partial charge is 0.337 e. The molecule has 0 aliphatic carbocycles. The van der Waals surface area contributed by atoms with E-state index >= 15 is 0 Å². The Labute approximate surface area is 115 Å². The number of nitrogens with zero attached hydrogens (tertiary/aromatic N) is 2. The van der Waals surface area contributed by atoms with Gasteiger partial charge in [-0.05, 0) is 36.2 Å². The molecule has 0 amide bonds. The minimum atomic E-state index is -0.988. The van der Waals surface area contributed by atoms with Crippen molar-refractivity contribution in [1.29, 1.82) is 0 Å². The minimum Gasteiger partial charge on any atom is -0.478 e. The number of hydrogen-bond donors (Lipinski definition) is 1. The Kier molecular flexibility index (Phi) is 3.10. The van der Waals surface area contributed by atoms with Crippen LogP contribution >= 0.6 is 0 Å². The summed E-state index contributed by atoms with van der Waals surface area (Å²) in [6.07, 6.45) is 2.24. The first-order valence-electron chi connectivity index (χ1n) is 6.35. The highest BCUT2D eigenvalue weighted by molar-refractivity contribution is 5.87. The van der Waals surface area contributed by atoms with Crippen LogP contribution in [0.25, 0.3) is 0 Å². The number of benzene rings is 1. The molecule has 0 bridgehead atoms. The molecular weight excluding hydrogens is 259 g/mol. The number of halogens is 1. The van der Waals surface area contributed by atoms with Gasteiger partial charge in [-0.25, -0.2) is 9.18 Å². The summed E-state index contributed by atoms with van der Waals surface area (Å²) < 4.78 is 13.3. The summed E-state index contributed by atoms with van der Waals surface area (Å²) in [5, 5.41) is 8.83. The van der Waals surface area contributed by atoms with Crippen LogP contribution in [0.2, 0.25) is 0 Å². The third-order valence-corrected chi connectivity index (χ3v) is 3.46. The molecule has 1 N–H and O–H groups in total. The van der Waals surface area contributed by atoms with Gasteiger partial charge in [-0.15, -0.1) is 0 Å². The van der Waals surface area contributed by atoms with Gasteiger partial charge in [-0.3, -0.25) is 4.98 Å². The van der Waals surface area contributed by atoms with E-state index in [-0.39, 0.29) is 11.4 Å². The van der Waals surface area contributed by atoms with Crippen LogP contribution in [0.5, 0.6) is 0 Å². The van der Waals surface area contributed by atoms with Gasteiger partial charge in [-0.2, -0.15) is 0 Å². The summed E-state index contributed by atoms with van der Waals surface area (Å²) >= 11 is 0. The molecule has 5 heteroatoms. The third kappa shape index (κ3) is 2.34. The van der Waals surface area contributed by atoms with E-state index < -0.39 is 5.97 Å². The zero-order valence-corrected chi connectivity index (χ0v) is 10.7. The molecule has 4 nitrogen and oxygen atoms in total. The molecule has 20 heavy (non-hydrogen) atoms. The van der Waals surface area contributed by atoms with E-state index in [4.69, 9.17) is 5.11 Å². The number of carboxylic acid groups (broad SMARTS) is 1. The van der Waals surface area contributed by atoms with Gasteiger partial charge in [-0.1, -0.05) is 6.07 Å². The van der Waals surface area contributed by atoms with Crippen molar-refractivity contribution in [2.75, 3.05) is 11.4 Å². The van der Waals surface area contributed by atoms with E-state index in [2.05, 4.69) is 9.88 Å². The van der Waals surface area contributed by atoms with Gasteiger partial charge in [0, 0.05) is 18.4 Å². The summed E-state index contributed by atoms with van der Waals surface area (Å²) in [4.78, 5) is 17.0. The number of fused-ring (bicyclic) bond motifs is 1. The molecule has 2 aromatic rings. The molecule has 3 rings (SSSR count). The maximum absolute atomic E-state index is 13.3. The second-order valence-corrected chi connectivity index (χ2v) is 4.79. The molecule has 0 atom stereocenters. The van der Waals surface area contributed by atoms with Crippen LogP contribution in [0.15, 0.2) is 36.5 Å². The lowest BCUT2D eigenvalue weighted by atomic mass is 10.1. The lowest BCUT2D eigenvalue weighted by Crippen LogP contribution is -2.20. The Balaban J connectivity index is 1.80. The number of rotatable bonds is 3. The number of aromatic carboxylic acids is 1. The number of aromatic nitrogens is 1. The molecular formula is C15H13FN2O2. The van der Waals surface area contributed by atoms with E-state index in [1.165, 1.54) is 24.4 Å². The molecule has 102 valence electrons. The maximum atomic E-state index is 13.3. The summed E-state index contributed by atoms with van der Waals surface area (Å²) in [6.45, 7) is 1.37. The van der Waals surface area contributed by atoms with E-state index in [0.29, 0.717) is 6.54 Å². The molecule has 1 aliphatic heterocycles. The van der Waals surface area contributed by atoms with Crippen LogP contribution < -0.4 is 4.90 Å². The van der Waals surface area contributed by atoms with Crippen molar-refractivity contribution in [3.63, 3.8) is 0 Å². The highest BCUT2D eigenvalue weighted by Crippen LogP contribution is 2.29. The highest BCUT2D eigenvalue weighted by Gasteiger charge is 2.20. The Morgan fingerprint density at radius 2 is 2.20 bits per heavy atom. The van der Waals surface area contributed by atoms with Gasteiger partial charge in [0.2, 0.25) is 0 Å². The van der Waals surface area contributed by atoms with Crippen molar-refractivity contribution in [3.8, 4) is 0 Å². The molecule has 0 fully saturated rings. The minimum absolute atomic E-state index is 0.168. The van der Waals surface area contributed by atoms with Gasteiger partial charge in [0.1, 0.15) is 5.82 Å². The average Bonchev–Trinajstić information content (AvgIpc) is 2.82. The molecule has 2 heterocycles. The van der Waals surface area contributed by atoms with Crippen LogP contribution in [-0.2, 0) is 13.0 Å². The fourth-order valence-electron chi connectivity index (χ4n) is 2.42. The third-order valence-electron chi connectivity index (χ3n) is 3.46. The van der Waals surface area contributed by atoms with Gasteiger partial charge in [0.25, 0.3) is 0 Å². The molecule has 0 unspecified atom stereocenters. The number of carbonyl (C=O) groups is 1. The van der Waals surface area contributed by atoms with Crippen molar-refractivity contribution in [2.45, 2.75) is 13.0 Å². The first-order valence-corrected chi connectivity index (χ1v) is 6.35. The average molecular weight is 272 g/mol. The predicted molar refractivity (Wildman–Crippen MR) is 72.4 cm³/mol. The molecule has 1 aromatic carbocycles. The fourth-order valence-corrected chi connectivity index (χ4v) is 2.42. The van der Waals surface area contributed by atoms with Crippen molar-refractivity contribution in [1.82, 2.24) is 4.98 Å². The largest absolute Gasteiger partial charge is 0.478 e. The lowest BCUT2D eigenvalue weighted by molar-refractivity contribution is 0.0696. The van der Waals surface area contributed by atoms with Gasteiger partial charge >= 0.3 is 5.97 Å². The Morgan fingerprint density at radius 1 is 1.35 bits per heavy atom. The lowest BCUT2D eigenvalue weighted by Gasteiger charge is -2.18. The van der Waals surface area contributed by atoms with Crippen molar-refractivity contribution in [2.24, 2.45) is 0 Å². The van der Waals surface area contributed by atoms with Gasteiger partial charge < -0.3 is 10.0 Å². The van der Waals surface area contributed by atoms with Crippen LogP contribution in [0.3, 0.4) is 0 Å². The summed E-state index contributed by atoms with van der Waals surface area (Å²) in [6, 6.07) is 8.05. The normalized spacial score (nSPS) is 13.3. The standard InChI is InChI=1S/C15H13FN2O2/c16-12-3-1-10-5-6-18(14(10)7-12)9-13-4-2-11(8-17-13)15(19)20/h1-4,7-8H,5-6,9H2,(H,19,20). The SMILES string of the molecule is O=C(O)c1ccc(CN2CCc3ccc(F)cc32)nc1. The number of pyridine rings is 1. The van der Waals surface area contributed by atoms with Gasteiger partial charge in [0.05, 0.1) is 17.8 Å². The second-order valence-electron chi connectivity index (χ2n) is 4.79. The van der Waals surface area contributed by atoms with E-state index in [0.717, 1.165) is 29.9 Å². The maximum Gasteiger partial charge on any atom is 0.337 e. The van der Waals surface area contributed by atoms with Crippen LogP contribution in [0, 0.1) is 5.82 Å². The van der Waals surface area contributed by atoms with E-state index in [1.54, 1.807) is 6.07 Å². The predicted octanol–water partition coefficient (Wildman–Crippen LogP) is 2.48. The molecule has 0 saturated heterocycles. The number of hydrogen-bond acceptors (Lipinski definition) is 3. The van der Waals surface area contributed by atoms with Crippen molar-refractivity contribution in [3.05, 3.63) is 59.2 Å². The summed E-state index contributed by atoms with van der Waals surface area (Å²) in [5.74, 6) is -1.23.